The lowest BCUT2D eigenvalue weighted by molar-refractivity contribution is 0.0950. The molecule has 0 aliphatic rings. The number of aromatic nitrogens is 1. The molecule has 4 aromatic rings. The first-order valence-corrected chi connectivity index (χ1v) is 9.04. The lowest BCUT2D eigenvalue weighted by Gasteiger charge is -2.09. The van der Waals surface area contributed by atoms with E-state index in [1.807, 2.05) is 44.2 Å². The Balaban J connectivity index is 1.54. The Morgan fingerprint density at radius 2 is 1.96 bits per heavy atom. The normalized spacial score (nSPS) is 10.8. The average Bonchev–Trinajstić information content (AvgIpc) is 3.31. The minimum absolute atomic E-state index is 0.169. The summed E-state index contributed by atoms with van der Waals surface area (Å²) in [5, 5.41) is 5.73. The molecule has 1 amide bonds. The van der Waals surface area contributed by atoms with Gasteiger partial charge in [-0.25, -0.2) is 4.98 Å². The number of fused-ring (bicyclic) bond motifs is 1. The van der Waals surface area contributed by atoms with Gasteiger partial charge in [0.15, 0.2) is 16.5 Å². The molecule has 4 rings (SSSR count). The second kappa shape index (κ2) is 7.28. The molecule has 0 spiro atoms. The van der Waals surface area contributed by atoms with Gasteiger partial charge in [-0.3, -0.25) is 10.1 Å². The second-order valence-electron chi connectivity index (χ2n) is 6.42. The molecule has 2 aromatic heterocycles. The van der Waals surface area contributed by atoms with E-state index in [0.29, 0.717) is 11.6 Å². The predicted molar refractivity (Wildman–Crippen MR) is 111 cm³/mol. The van der Waals surface area contributed by atoms with Crippen LogP contribution in [0.25, 0.3) is 22.6 Å². The van der Waals surface area contributed by atoms with Gasteiger partial charge in [0.25, 0.3) is 5.91 Å². The molecule has 0 aliphatic heterocycles. The fraction of sp³-hybridized carbons (Fsp3) is 0.0952. The molecular weight excluding hydrogens is 374 g/mol. The lowest BCUT2D eigenvalue weighted by Crippen LogP contribution is -2.33. The van der Waals surface area contributed by atoms with Crippen molar-refractivity contribution in [1.82, 2.24) is 10.3 Å². The Morgan fingerprint density at radius 3 is 2.75 bits per heavy atom. The quantitative estimate of drug-likeness (QED) is 0.487. The number of aryl methyl sites for hydroxylation is 2. The summed E-state index contributed by atoms with van der Waals surface area (Å²) in [6.45, 7) is 4.03. The summed E-state index contributed by atoms with van der Waals surface area (Å²) in [5.41, 5.74) is 5.30. The molecule has 0 aliphatic carbocycles. The van der Waals surface area contributed by atoms with E-state index in [0.717, 1.165) is 27.8 Å². The van der Waals surface area contributed by atoms with Crippen molar-refractivity contribution in [2.24, 2.45) is 0 Å². The van der Waals surface area contributed by atoms with Gasteiger partial charge in [-0.1, -0.05) is 12.1 Å². The maximum Gasteiger partial charge on any atom is 0.293 e. The van der Waals surface area contributed by atoms with Gasteiger partial charge in [0, 0.05) is 11.3 Å². The van der Waals surface area contributed by atoms with E-state index >= 15 is 0 Å². The van der Waals surface area contributed by atoms with E-state index in [4.69, 9.17) is 21.1 Å². The van der Waals surface area contributed by atoms with Crippen LogP contribution in [0, 0.1) is 13.8 Å². The van der Waals surface area contributed by atoms with Crippen LogP contribution < -0.4 is 10.6 Å². The van der Waals surface area contributed by atoms with E-state index in [-0.39, 0.29) is 10.9 Å². The monoisotopic (exact) mass is 391 g/mol. The second-order valence-corrected chi connectivity index (χ2v) is 6.82. The number of carbonyl (C=O) groups is 1. The summed E-state index contributed by atoms with van der Waals surface area (Å²) in [6, 6.07) is 14.7. The molecule has 2 N–H and O–H groups in total. The predicted octanol–water partition coefficient (Wildman–Crippen LogP) is 4.83. The number of amides is 1. The zero-order chi connectivity index (χ0) is 19.7. The lowest BCUT2D eigenvalue weighted by atomic mass is 10.1. The number of thiocarbonyl (C=S) groups is 1. The highest BCUT2D eigenvalue weighted by atomic mass is 32.1. The summed E-state index contributed by atoms with van der Waals surface area (Å²) < 4.78 is 11.0. The Labute approximate surface area is 166 Å². The van der Waals surface area contributed by atoms with Crippen LogP contribution in [0.15, 0.2) is 63.6 Å². The standard InChI is InChI=1S/C21H17N3O3S/c1-12-9-13(2)18-16(10-12)23-20(27-18)14-5-3-6-15(11-14)22-21(28)24-19(25)17-7-4-8-26-17/h3-11H,1-2H3,(H2,22,24,25,28). The van der Waals surface area contributed by atoms with Gasteiger partial charge in [0.1, 0.15) is 5.52 Å². The van der Waals surface area contributed by atoms with Crippen LogP contribution >= 0.6 is 12.2 Å². The van der Waals surface area contributed by atoms with E-state index in [1.165, 1.54) is 6.26 Å². The van der Waals surface area contributed by atoms with Crippen LogP contribution in [0.1, 0.15) is 21.7 Å². The van der Waals surface area contributed by atoms with Crippen molar-refractivity contribution in [2.45, 2.75) is 13.8 Å². The van der Waals surface area contributed by atoms with E-state index in [2.05, 4.69) is 21.7 Å². The number of nitrogens with zero attached hydrogens (tertiary/aromatic N) is 1. The number of oxazole rings is 1. The molecule has 28 heavy (non-hydrogen) atoms. The summed E-state index contributed by atoms with van der Waals surface area (Å²) in [6.07, 6.45) is 1.43. The highest BCUT2D eigenvalue weighted by Gasteiger charge is 2.13. The van der Waals surface area contributed by atoms with Crippen LogP contribution in [-0.4, -0.2) is 16.0 Å². The molecule has 6 nitrogen and oxygen atoms in total. The average molecular weight is 391 g/mol. The molecule has 140 valence electrons. The molecule has 0 unspecified atom stereocenters. The minimum Gasteiger partial charge on any atom is -0.459 e. The number of carbonyl (C=O) groups excluding carboxylic acids is 1. The third-order valence-corrected chi connectivity index (χ3v) is 4.36. The van der Waals surface area contributed by atoms with E-state index in [9.17, 15) is 4.79 Å². The van der Waals surface area contributed by atoms with Crippen molar-refractivity contribution >= 4 is 40.0 Å². The molecule has 0 radical (unpaired) electrons. The zero-order valence-electron chi connectivity index (χ0n) is 15.3. The highest BCUT2D eigenvalue weighted by molar-refractivity contribution is 7.80. The molecule has 0 saturated heterocycles. The topological polar surface area (TPSA) is 80.3 Å². The fourth-order valence-electron chi connectivity index (χ4n) is 2.96. The highest BCUT2D eigenvalue weighted by Crippen LogP contribution is 2.28. The number of anilines is 1. The Bertz CT molecular complexity index is 1180. The first kappa shape index (κ1) is 17.9. The first-order chi connectivity index (χ1) is 13.5. The maximum atomic E-state index is 12.0. The molecule has 7 heteroatoms. The molecule has 2 aromatic carbocycles. The van der Waals surface area contributed by atoms with Gasteiger partial charge in [0.05, 0.1) is 6.26 Å². The van der Waals surface area contributed by atoms with Crippen molar-refractivity contribution in [3.05, 3.63) is 71.7 Å². The summed E-state index contributed by atoms with van der Waals surface area (Å²) >= 11 is 5.21. The zero-order valence-corrected chi connectivity index (χ0v) is 16.1. The number of nitrogens with one attached hydrogen (secondary N) is 2. The summed E-state index contributed by atoms with van der Waals surface area (Å²) in [5.74, 6) is 0.302. The number of benzene rings is 2. The smallest absolute Gasteiger partial charge is 0.293 e. The number of hydrogen-bond acceptors (Lipinski definition) is 5. The molecule has 0 fully saturated rings. The summed E-state index contributed by atoms with van der Waals surface area (Å²) in [4.78, 5) is 16.6. The fourth-order valence-corrected chi connectivity index (χ4v) is 3.18. The number of furan rings is 1. The van der Waals surface area contributed by atoms with Gasteiger partial charge in [-0.2, -0.15) is 0 Å². The molecule has 0 atom stereocenters. The van der Waals surface area contributed by atoms with Crippen LogP contribution in [0.5, 0.6) is 0 Å². The van der Waals surface area contributed by atoms with Gasteiger partial charge in [0.2, 0.25) is 5.89 Å². The molecule has 2 heterocycles. The van der Waals surface area contributed by atoms with Crippen LogP contribution in [0.2, 0.25) is 0 Å². The number of rotatable bonds is 3. The maximum absolute atomic E-state index is 12.0. The van der Waals surface area contributed by atoms with Crippen LogP contribution in [-0.2, 0) is 0 Å². The van der Waals surface area contributed by atoms with Crippen molar-refractivity contribution in [1.29, 1.82) is 0 Å². The molecule has 0 bridgehead atoms. The first-order valence-electron chi connectivity index (χ1n) is 8.63. The van der Waals surface area contributed by atoms with Gasteiger partial charge < -0.3 is 14.2 Å². The van der Waals surface area contributed by atoms with Crippen molar-refractivity contribution in [3.8, 4) is 11.5 Å². The molecular formula is C21H17N3O3S. The van der Waals surface area contributed by atoms with Crippen molar-refractivity contribution in [3.63, 3.8) is 0 Å². The van der Waals surface area contributed by atoms with Crippen LogP contribution in [0.3, 0.4) is 0 Å². The third-order valence-electron chi connectivity index (χ3n) is 4.16. The van der Waals surface area contributed by atoms with Crippen molar-refractivity contribution in [2.75, 3.05) is 5.32 Å². The number of hydrogen-bond donors (Lipinski definition) is 2. The van der Waals surface area contributed by atoms with E-state index < -0.39 is 5.91 Å². The third kappa shape index (κ3) is 3.65. The van der Waals surface area contributed by atoms with Gasteiger partial charge in [-0.05, 0) is 73.6 Å². The van der Waals surface area contributed by atoms with Crippen molar-refractivity contribution < 1.29 is 13.6 Å². The van der Waals surface area contributed by atoms with Gasteiger partial charge >= 0.3 is 0 Å². The SMILES string of the molecule is Cc1cc(C)c2oc(-c3cccc(NC(=S)NC(=O)c4ccco4)c3)nc2c1. The molecule has 0 saturated carbocycles. The Kier molecular flexibility index (Phi) is 4.67. The van der Waals surface area contributed by atoms with Crippen LogP contribution in [0.4, 0.5) is 5.69 Å². The Morgan fingerprint density at radius 1 is 1.11 bits per heavy atom. The summed E-state index contributed by atoms with van der Waals surface area (Å²) in [7, 11) is 0. The van der Waals surface area contributed by atoms with E-state index in [1.54, 1.807) is 12.1 Å². The Hall–Kier alpha value is -3.45. The largest absolute Gasteiger partial charge is 0.459 e. The minimum atomic E-state index is -0.413. The van der Waals surface area contributed by atoms with Gasteiger partial charge in [-0.15, -0.1) is 0 Å².